The average Bonchev–Trinajstić information content (AvgIpc) is 2.71. The summed E-state index contributed by atoms with van der Waals surface area (Å²) in [6.45, 7) is 7.76. The molecule has 0 fully saturated rings. The van der Waals surface area contributed by atoms with Crippen LogP contribution in [0.4, 0.5) is 5.69 Å². The van der Waals surface area contributed by atoms with E-state index in [2.05, 4.69) is 57.4 Å². The highest BCUT2D eigenvalue weighted by atomic mass is 79.9. The van der Waals surface area contributed by atoms with E-state index in [1.165, 1.54) is 17.3 Å². The standard InChI is InChI=1S/C22H28BrN3O2S/c1-3-26(4-2)14-18-8-5-7-17(11-18)13-24-21(27)15-29-16-22(28)25-20-10-6-9-19(23)12-20/h5-12H,3-4,13-16H2,1-2H3,(H,24,27)(H,25,28). The third-order valence-electron chi connectivity index (χ3n) is 4.36. The number of nitrogens with zero attached hydrogens (tertiary/aromatic N) is 1. The fourth-order valence-electron chi connectivity index (χ4n) is 2.79. The zero-order chi connectivity index (χ0) is 21.1. The Bertz CT molecular complexity index is 812. The molecule has 0 unspecified atom stereocenters. The van der Waals surface area contributed by atoms with Crippen molar-refractivity contribution in [2.75, 3.05) is 29.9 Å². The highest BCUT2D eigenvalue weighted by Crippen LogP contribution is 2.16. The molecule has 0 spiro atoms. The molecule has 2 aromatic rings. The van der Waals surface area contributed by atoms with Crippen molar-refractivity contribution >= 4 is 45.2 Å². The van der Waals surface area contributed by atoms with Crippen molar-refractivity contribution in [3.63, 3.8) is 0 Å². The van der Waals surface area contributed by atoms with Gasteiger partial charge in [0, 0.05) is 23.2 Å². The molecule has 156 valence electrons. The van der Waals surface area contributed by atoms with Crippen LogP contribution < -0.4 is 10.6 Å². The van der Waals surface area contributed by atoms with Gasteiger partial charge in [-0.3, -0.25) is 14.5 Å². The van der Waals surface area contributed by atoms with E-state index < -0.39 is 0 Å². The van der Waals surface area contributed by atoms with E-state index in [4.69, 9.17) is 0 Å². The maximum Gasteiger partial charge on any atom is 0.234 e. The number of thioether (sulfide) groups is 1. The van der Waals surface area contributed by atoms with Crippen LogP contribution in [0.25, 0.3) is 0 Å². The van der Waals surface area contributed by atoms with Crippen LogP contribution in [0.5, 0.6) is 0 Å². The summed E-state index contributed by atoms with van der Waals surface area (Å²) in [5.41, 5.74) is 3.07. The second-order valence-corrected chi connectivity index (χ2v) is 8.51. The largest absolute Gasteiger partial charge is 0.351 e. The van der Waals surface area contributed by atoms with E-state index in [0.29, 0.717) is 6.54 Å². The summed E-state index contributed by atoms with van der Waals surface area (Å²) in [7, 11) is 0. The molecule has 2 amide bonds. The molecular formula is C22H28BrN3O2S. The van der Waals surface area contributed by atoms with Gasteiger partial charge in [-0.25, -0.2) is 0 Å². The molecule has 2 N–H and O–H groups in total. The Balaban J connectivity index is 1.70. The van der Waals surface area contributed by atoms with E-state index in [0.717, 1.165) is 35.4 Å². The van der Waals surface area contributed by atoms with Crippen molar-refractivity contribution in [1.29, 1.82) is 0 Å². The van der Waals surface area contributed by atoms with E-state index in [1.54, 1.807) is 0 Å². The summed E-state index contributed by atoms with van der Waals surface area (Å²) in [5.74, 6) is 0.300. The second-order valence-electron chi connectivity index (χ2n) is 6.61. The maximum atomic E-state index is 12.1. The lowest BCUT2D eigenvalue weighted by atomic mass is 10.1. The first kappa shape index (κ1) is 23.4. The van der Waals surface area contributed by atoms with Crippen LogP contribution in [0.1, 0.15) is 25.0 Å². The fourth-order valence-corrected chi connectivity index (χ4v) is 3.84. The summed E-state index contributed by atoms with van der Waals surface area (Å²) < 4.78 is 0.906. The number of hydrogen-bond acceptors (Lipinski definition) is 4. The SMILES string of the molecule is CCN(CC)Cc1cccc(CNC(=O)CSCC(=O)Nc2cccc(Br)c2)c1. The number of halogens is 1. The topological polar surface area (TPSA) is 61.4 Å². The number of benzene rings is 2. The Kier molecular flexibility index (Phi) is 10.2. The van der Waals surface area contributed by atoms with Gasteiger partial charge in [0.05, 0.1) is 11.5 Å². The minimum Gasteiger partial charge on any atom is -0.351 e. The number of amides is 2. The van der Waals surface area contributed by atoms with E-state index >= 15 is 0 Å². The lowest BCUT2D eigenvalue weighted by Gasteiger charge is -2.18. The molecule has 0 saturated heterocycles. The van der Waals surface area contributed by atoms with Gasteiger partial charge in [-0.2, -0.15) is 0 Å². The van der Waals surface area contributed by atoms with Crippen molar-refractivity contribution < 1.29 is 9.59 Å². The molecule has 7 heteroatoms. The number of nitrogens with one attached hydrogen (secondary N) is 2. The van der Waals surface area contributed by atoms with Crippen molar-refractivity contribution in [1.82, 2.24) is 10.2 Å². The highest BCUT2D eigenvalue weighted by Gasteiger charge is 2.07. The van der Waals surface area contributed by atoms with Gasteiger partial charge in [0.15, 0.2) is 0 Å². The first-order valence-electron chi connectivity index (χ1n) is 9.70. The van der Waals surface area contributed by atoms with Gasteiger partial charge >= 0.3 is 0 Å². The molecule has 0 bridgehead atoms. The second kappa shape index (κ2) is 12.7. The molecule has 0 atom stereocenters. The minimum absolute atomic E-state index is 0.0700. The molecule has 0 aliphatic carbocycles. The molecule has 0 aliphatic rings. The van der Waals surface area contributed by atoms with Crippen molar-refractivity contribution in [2.24, 2.45) is 0 Å². The quantitative estimate of drug-likeness (QED) is 0.506. The van der Waals surface area contributed by atoms with Gasteiger partial charge in [0.1, 0.15) is 0 Å². The Morgan fingerprint density at radius 2 is 1.66 bits per heavy atom. The summed E-state index contributed by atoms with van der Waals surface area (Å²) >= 11 is 4.67. The van der Waals surface area contributed by atoms with Gasteiger partial charge < -0.3 is 10.6 Å². The highest BCUT2D eigenvalue weighted by molar-refractivity contribution is 9.10. The molecule has 5 nitrogen and oxygen atoms in total. The van der Waals surface area contributed by atoms with Crippen LogP contribution in [-0.2, 0) is 22.7 Å². The molecule has 29 heavy (non-hydrogen) atoms. The number of carbonyl (C=O) groups is 2. The molecule has 0 radical (unpaired) electrons. The van der Waals surface area contributed by atoms with E-state index in [1.807, 2.05) is 36.4 Å². The lowest BCUT2D eigenvalue weighted by molar-refractivity contribution is -0.118. The van der Waals surface area contributed by atoms with Crippen LogP contribution in [0.3, 0.4) is 0 Å². The maximum absolute atomic E-state index is 12.1. The van der Waals surface area contributed by atoms with Crippen LogP contribution in [0.2, 0.25) is 0 Å². The third-order valence-corrected chi connectivity index (χ3v) is 5.78. The Hall–Kier alpha value is -1.83. The Morgan fingerprint density at radius 1 is 0.966 bits per heavy atom. The predicted octanol–water partition coefficient (Wildman–Crippen LogP) is 4.28. The molecule has 0 aliphatic heterocycles. The van der Waals surface area contributed by atoms with E-state index in [9.17, 15) is 9.59 Å². The van der Waals surface area contributed by atoms with Gasteiger partial charge in [-0.1, -0.05) is 60.1 Å². The monoisotopic (exact) mass is 477 g/mol. The molecule has 0 aromatic heterocycles. The molecule has 2 rings (SSSR count). The van der Waals surface area contributed by atoms with Crippen LogP contribution in [-0.4, -0.2) is 41.3 Å². The fraction of sp³-hybridized carbons (Fsp3) is 0.364. The smallest absolute Gasteiger partial charge is 0.234 e. The predicted molar refractivity (Wildman–Crippen MR) is 125 cm³/mol. The number of hydrogen-bond donors (Lipinski definition) is 2. The Morgan fingerprint density at radius 3 is 2.38 bits per heavy atom. The molecule has 0 heterocycles. The number of anilines is 1. The first-order valence-corrected chi connectivity index (χ1v) is 11.6. The van der Waals surface area contributed by atoms with Crippen LogP contribution in [0, 0.1) is 0 Å². The van der Waals surface area contributed by atoms with Gasteiger partial charge in [-0.05, 0) is 42.4 Å². The number of carbonyl (C=O) groups excluding carboxylic acids is 2. The van der Waals surface area contributed by atoms with Gasteiger partial charge in [0.25, 0.3) is 0 Å². The summed E-state index contributed by atoms with van der Waals surface area (Å²) in [6.07, 6.45) is 0. The van der Waals surface area contributed by atoms with Crippen molar-refractivity contribution in [2.45, 2.75) is 26.9 Å². The Labute approximate surface area is 185 Å². The van der Waals surface area contributed by atoms with Gasteiger partial charge in [0.2, 0.25) is 11.8 Å². The zero-order valence-electron chi connectivity index (χ0n) is 16.9. The molecular weight excluding hydrogens is 450 g/mol. The lowest BCUT2D eigenvalue weighted by Crippen LogP contribution is -2.26. The molecule has 2 aromatic carbocycles. The van der Waals surface area contributed by atoms with E-state index in [-0.39, 0.29) is 23.3 Å². The summed E-state index contributed by atoms with van der Waals surface area (Å²) in [5, 5.41) is 5.75. The normalized spacial score (nSPS) is 10.8. The zero-order valence-corrected chi connectivity index (χ0v) is 19.3. The van der Waals surface area contributed by atoms with Crippen LogP contribution >= 0.6 is 27.7 Å². The first-order chi connectivity index (χ1) is 14.0. The number of rotatable bonds is 11. The third kappa shape index (κ3) is 9.02. The average molecular weight is 478 g/mol. The van der Waals surface area contributed by atoms with Gasteiger partial charge in [-0.15, -0.1) is 11.8 Å². The molecule has 0 saturated carbocycles. The van der Waals surface area contributed by atoms with Crippen LogP contribution in [0.15, 0.2) is 53.0 Å². The summed E-state index contributed by atoms with van der Waals surface area (Å²) in [6, 6.07) is 15.7. The minimum atomic E-state index is -0.120. The van der Waals surface area contributed by atoms with Crippen molar-refractivity contribution in [3.05, 3.63) is 64.1 Å². The van der Waals surface area contributed by atoms with Crippen molar-refractivity contribution in [3.8, 4) is 0 Å². The summed E-state index contributed by atoms with van der Waals surface area (Å²) in [4.78, 5) is 26.4.